The number of aliphatic hydroxyl groups excluding tert-OH is 1. The van der Waals surface area contributed by atoms with Crippen LogP contribution in [-0.2, 0) is 4.74 Å². The van der Waals surface area contributed by atoms with Gasteiger partial charge in [0.05, 0.1) is 20.0 Å². The third-order valence-electron chi connectivity index (χ3n) is 2.65. The fourth-order valence-electron chi connectivity index (χ4n) is 1.85. The van der Waals surface area contributed by atoms with E-state index in [9.17, 15) is 0 Å². The maximum Gasteiger partial charge on any atom is 0.0827 e. The molecule has 19 heavy (non-hydrogen) atoms. The maximum atomic E-state index is 8.92. The Morgan fingerprint density at radius 1 is 1.16 bits per heavy atom. The Kier molecular flexibility index (Phi) is 10.2. The summed E-state index contributed by atoms with van der Waals surface area (Å²) < 4.78 is 4.98. The Bertz CT molecular complexity index is 348. The van der Waals surface area contributed by atoms with Crippen molar-refractivity contribution in [1.29, 1.82) is 0 Å². The molecule has 1 atom stereocenters. The van der Waals surface area contributed by atoms with E-state index in [-0.39, 0.29) is 12.5 Å². The van der Waals surface area contributed by atoms with E-state index in [2.05, 4.69) is 20.1 Å². The van der Waals surface area contributed by atoms with Crippen molar-refractivity contribution in [1.82, 2.24) is 0 Å². The summed E-state index contributed by atoms with van der Waals surface area (Å²) >= 11 is 0. The zero-order valence-electron chi connectivity index (χ0n) is 11.9. The first-order valence-electron chi connectivity index (χ1n) is 6.37. The van der Waals surface area contributed by atoms with Gasteiger partial charge in [0, 0.05) is 5.92 Å². The molecule has 0 aliphatic carbocycles. The smallest absolute Gasteiger partial charge is 0.0827 e. The molecule has 0 aromatic carbocycles. The first kappa shape index (κ1) is 17.2. The van der Waals surface area contributed by atoms with E-state index in [1.165, 1.54) is 0 Å². The second-order valence-corrected chi connectivity index (χ2v) is 3.89. The monoisotopic (exact) mass is 260 g/mol. The molecule has 0 rings (SSSR count). The molecule has 0 radical (unpaired) electrons. The van der Waals surface area contributed by atoms with Crippen LogP contribution in [0.25, 0.3) is 0 Å². The topological polar surface area (TPSA) is 29.5 Å². The molecule has 0 saturated heterocycles. The van der Waals surface area contributed by atoms with E-state index < -0.39 is 0 Å². The van der Waals surface area contributed by atoms with E-state index in [0.717, 1.165) is 17.6 Å². The van der Waals surface area contributed by atoms with E-state index in [0.29, 0.717) is 0 Å². The highest BCUT2D eigenvalue weighted by Crippen LogP contribution is 2.26. The van der Waals surface area contributed by atoms with Gasteiger partial charge < -0.3 is 9.84 Å². The van der Waals surface area contributed by atoms with Crippen molar-refractivity contribution in [3.05, 3.63) is 73.1 Å². The van der Waals surface area contributed by atoms with Crippen molar-refractivity contribution in [2.45, 2.75) is 13.3 Å². The molecular weight excluding hydrogens is 236 g/mol. The van der Waals surface area contributed by atoms with E-state index >= 15 is 0 Å². The summed E-state index contributed by atoms with van der Waals surface area (Å²) in [6.45, 7) is 9.63. The Morgan fingerprint density at radius 3 is 2.16 bits per heavy atom. The summed E-state index contributed by atoms with van der Waals surface area (Å²) in [6, 6.07) is 0. The molecule has 0 aliphatic heterocycles. The van der Waals surface area contributed by atoms with Crippen LogP contribution in [0.2, 0.25) is 0 Å². The molecule has 0 spiro atoms. The number of allylic oxidation sites excluding steroid dienone is 8. The SMILES string of the molecule is C=C/C=C(\C=C/OC)C(CC)C(/C=C\CO)=C/C=C. The quantitative estimate of drug-likeness (QED) is 0.502. The van der Waals surface area contributed by atoms with E-state index in [4.69, 9.17) is 9.84 Å². The van der Waals surface area contributed by atoms with Crippen molar-refractivity contribution in [3.63, 3.8) is 0 Å². The molecule has 0 heterocycles. The van der Waals surface area contributed by atoms with Crippen LogP contribution in [0.3, 0.4) is 0 Å². The van der Waals surface area contributed by atoms with Gasteiger partial charge in [-0.1, -0.05) is 56.5 Å². The van der Waals surface area contributed by atoms with Crippen molar-refractivity contribution < 1.29 is 9.84 Å². The lowest BCUT2D eigenvalue weighted by molar-refractivity contribution is 0.337. The lowest BCUT2D eigenvalue weighted by Crippen LogP contribution is -2.04. The number of aliphatic hydroxyl groups is 1. The van der Waals surface area contributed by atoms with Gasteiger partial charge in [-0.2, -0.15) is 0 Å². The molecular formula is C17H24O2. The average Bonchev–Trinajstić information content (AvgIpc) is 2.42. The molecule has 0 aliphatic rings. The first-order valence-corrected chi connectivity index (χ1v) is 6.37. The minimum absolute atomic E-state index is 0.0271. The van der Waals surface area contributed by atoms with Gasteiger partial charge in [0.25, 0.3) is 0 Å². The average molecular weight is 260 g/mol. The number of methoxy groups -OCH3 is 1. The van der Waals surface area contributed by atoms with Gasteiger partial charge in [0.15, 0.2) is 0 Å². The zero-order chi connectivity index (χ0) is 14.5. The minimum atomic E-state index is 0.0271. The number of ether oxygens (including phenoxy) is 1. The molecule has 2 heteroatoms. The van der Waals surface area contributed by atoms with Crippen molar-refractivity contribution >= 4 is 0 Å². The molecule has 2 nitrogen and oxygen atoms in total. The summed E-state index contributed by atoms with van der Waals surface area (Å²) in [4.78, 5) is 0. The molecule has 0 fully saturated rings. The predicted molar refractivity (Wildman–Crippen MR) is 82.7 cm³/mol. The molecule has 0 bridgehead atoms. The molecule has 1 unspecified atom stereocenters. The molecule has 0 saturated carbocycles. The Labute approximate surface area is 116 Å². The zero-order valence-corrected chi connectivity index (χ0v) is 11.9. The van der Waals surface area contributed by atoms with Gasteiger partial charge in [0.2, 0.25) is 0 Å². The minimum Gasteiger partial charge on any atom is -0.504 e. The maximum absolute atomic E-state index is 8.92. The summed E-state index contributed by atoms with van der Waals surface area (Å²) in [5.41, 5.74) is 2.20. The highest BCUT2D eigenvalue weighted by atomic mass is 16.5. The van der Waals surface area contributed by atoms with Crippen molar-refractivity contribution in [2.24, 2.45) is 5.92 Å². The van der Waals surface area contributed by atoms with Gasteiger partial charge in [0.1, 0.15) is 0 Å². The van der Waals surface area contributed by atoms with Crippen LogP contribution >= 0.6 is 0 Å². The second kappa shape index (κ2) is 11.3. The summed E-state index contributed by atoms with van der Waals surface area (Å²) in [5.74, 6) is 0.213. The van der Waals surface area contributed by atoms with Gasteiger partial charge in [-0.05, 0) is 23.6 Å². The van der Waals surface area contributed by atoms with Crippen molar-refractivity contribution in [2.75, 3.05) is 13.7 Å². The van der Waals surface area contributed by atoms with Gasteiger partial charge in [-0.15, -0.1) is 0 Å². The third kappa shape index (κ3) is 6.63. The summed E-state index contributed by atoms with van der Waals surface area (Å²) in [7, 11) is 1.62. The second-order valence-electron chi connectivity index (χ2n) is 3.89. The highest BCUT2D eigenvalue weighted by Gasteiger charge is 2.13. The molecule has 1 N–H and O–H groups in total. The van der Waals surface area contributed by atoms with Gasteiger partial charge >= 0.3 is 0 Å². The third-order valence-corrected chi connectivity index (χ3v) is 2.65. The van der Waals surface area contributed by atoms with E-state index in [1.54, 1.807) is 31.6 Å². The van der Waals surface area contributed by atoms with Crippen LogP contribution in [0.5, 0.6) is 0 Å². The Morgan fingerprint density at radius 2 is 1.74 bits per heavy atom. The van der Waals surface area contributed by atoms with Crippen LogP contribution < -0.4 is 0 Å². The van der Waals surface area contributed by atoms with Crippen LogP contribution in [0.4, 0.5) is 0 Å². The standard InChI is InChI=1S/C17H24O2/c1-5-9-15(11-8-13-18)17(7-3)16(10-6-2)12-14-19-4/h5-6,8-12,14,17-18H,1-2,7,13H2,3-4H3/b11-8-,14-12-,15-9+,16-10+. The Balaban J connectivity index is 5.41. The van der Waals surface area contributed by atoms with Crippen LogP contribution in [0.1, 0.15) is 13.3 Å². The lowest BCUT2D eigenvalue weighted by atomic mass is 9.87. The summed E-state index contributed by atoms with van der Waals surface area (Å²) in [6.07, 6.45) is 15.6. The molecule has 0 aromatic rings. The highest BCUT2D eigenvalue weighted by molar-refractivity contribution is 5.38. The van der Waals surface area contributed by atoms with Crippen molar-refractivity contribution in [3.8, 4) is 0 Å². The molecule has 104 valence electrons. The lowest BCUT2D eigenvalue weighted by Gasteiger charge is -2.17. The molecule has 0 aromatic heterocycles. The number of hydrogen-bond acceptors (Lipinski definition) is 2. The van der Waals surface area contributed by atoms with Crippen LogP contribution in [-0.4, -0.2) is 18.8 Å². The van der Waals surface area contributed by atoms with Gasteiger partial charge in [-0.25, -0.2) is 0 Å². The fraction of sp³-hybridized carbons (Fsp3) is 0.294. The molecule has 0 amide bonds. The number of rotatable bonds is 9. The normalized spacial score (nSPS) is 14.9. The largest absolute Gasteiger partial charge is 0.504 e. The van der Waals surface area contributed by atoms with E-state index in [1.807, 2.05) is 24.3 Å². The first-order chi connectivity index (χ1) is 9.24. The van der Waals surface area contributed by atoms with Crippen LogP contribution in [0, 0.1) is 5.92 Å². The Hall–Kier alpha value is -1.80. The van der Waals surface area contributed by atoms with Gasteiger partial charge in [-0.3, -0.25) is 0 Å². The van der Waals surface area contributed by atoms with Crippen LogP contribution in [0.15, 0.2) is 73.1 Å². The fourth-order valence-corrected chi connectivity index (χ4v) is 1.85. The number of hydrogen-bond donors (Lipinski definition) is 1. The summed E-state index contributed by atoms with van der Waals surface area (Å²) in [5, 5.41) is 8.92. The predicted octanol–water partition coefficient (Wildman–Crippen LogP) is 3.95.